The Morgan fingerprint density at radius 3 is 2.26 bits per heavy atom. The van der Waals surface area contributed by atoms with Gasteiger partial charge in [0.1, 0.15) is 23.3 Å². The van der Waals surface area contributed by atoms with Crippen LogP contribution < -0.4 is 0 Å². The van der Waals surface area contributed by atoms with Crippen LogP contribution in [-0.2, 0) is 6.54 Å². The normalized spacial score (nSPS) is 24.9. The Kier molecular flexibility index (Phi) is 4.27. The average Bonchev–Trinajstić information content (AvgIpc) is 3.64. The van der Waals surface area contributed by atoms with Crippen LogP contribution >= 0.6 is 0 Å². The highest BCUT2D eigenvalue weighted by Crippen LogP contribution is 2.54. The van der Waals surface area contributed by atoms with Crippen molar-refractivity contribution in [3.8, 4) is 6.07 Å². The zero-order valence-electron chi connectivity index (χ0n) is 19.0. The van der Waals surface area contributed by atoms with Gasteiger partial charge in [0, 0.05) is 42.6 Å². The van der Waals surface area contributed by atoms with E-state index in [1.165, 1.54) is 0 Å². The van der Waals surface area contributed by atoms with Crippen LogP contribution in [0, 0.1) is 35.0 Å². The van der Waals surface area contributed by atoms with E-state index < -0.39 is 0 Å². The summed E-state index contributed by atoms with van der Waals surface area (Å²) in [5.41, 5.74) is 3.57. The molecule has 1 aliphatic carbocycles. The number of fused-ring (bicyclic) bond motifs is 6. The number of carbonyl (C=O) groups is 2. The van der Waals surface area contributed by atoms with Gasteiger partial charge in [0.15, 0.2) is 0 Å². The summed E-state index contributed by atoms with van der Waals surface area (Å²) < 4.78 is 1.82. The largest absolute Gasteiger partial charge is 0.338 e. The molecule has 4 atom stereocenters. The number of hydrogen-bond acceptors (Lipinski definition) is 5. The second-order valence-electron chi connectivity index (χ2n) is 9.94. The summed E-state index contributed by atoms with van der Waals surface area (Å²) in [4.78, 5) is 30.6. The Bertz CT molecular complexity index is 1530. The molecule has 0 bridgehead atoms. The number of nitrogens with zero attached hydrogens (tertiary/aromatic N) is 6. The Morgan fingerprint density at radius 2 is 1.54 bits per heavy atom. The number of amides is 2. The van der Waals surface area contributed by atoms with E-state index >= 15 is 0 Å². The van der Waals surface area contributed by atoms with E-state index in [0.717, 1.165) is 29.5 Å². The van der Waals surface area contributed by atoms with E-state index in [2.05, 4.69) is 21.5 Å². The third kappa shape index (κ3) is 2.92. The summed E-state index contributed by atoms with van der Waals surface area (Å²) in [5, 5.41) is 21.0. The van der Waals surface area contributed by atoms with Gasteiger partial charge in [0.05, 0.1) is 6.07 Å². The average molecular weight is 466 g/mol. The van der Waals surface area contributed by atoms with Crippen LogP contribution in [0.1, 0.15) is 20.8 Å². The summed E-state index contributed by atoms with van der Waals surface area (Å²) in [5.74, 6) is 1.75. The lowest BCUT2D eigenvalue weighted by atomic mass is 9.60. The minimum absolute atomic E-state index is 0.00206. The molecule has 1 N–H and O–H groups in total. The molecule has 1 saturated carbocycles. The van der Waals surface area contributed by atoms with Crippen molar-refractivity contribution in [1.29, 1.82) is 5.26 Å². The second-order valence-corrected chi connectivity index (χ2v) is 9.94. The molecule has 9 nitrogen and oxygen atoms in total. The van der Waals surface area contributed by atoms with Crippen molar-refractivity contribution < 1.29 is 9.59 Å². The maximum atomic E-state index is 13.5. The van der Waals surface area contributed by atoms with Gasteiger partial charge in [-0.1, -0.05) is 18.2 Å². The van der Waals surface area contributed by atoms with Crippen molar-refractivity contribution >= 4 is 33.8 Å². The van der Waals surface area contributed by atoms with Crippen molar-refractivity contribution in [2.45, 2.75) is 6.54 Å². The molecule has 2 unspecified atom stereocenters. The molecule has 0 spiro atoms. The molecule has 3 fully saturated rings. The molecule has 7 rings (SSSR count). The molecule has 4 aromatic rings. The van der Waals surface area contributed by atoms with Crippen molar-refractivity contribution in [1.82, 2.24) is 29.8 Å². The van der Waals surface area contributed by atoms with Gasteiger partial charge in [-0.3, -0.25) is 9.59 Å². The SMILES string of the molecule is N#CCn1c(C(=O)N2CC3C(C2)[C@@H]2CN(C(=O)c4ccc5n[nH]nc5c4)C[C@H]32)cc2ccccc21. The van der Waals surface area contributed by atoms with E-state index in [9.17, 15) is 14.9 Å². The molecule has 35 heavy (non-hydrogen) atoms. The second kappa shape index (κ2) is 7.40. The molecule has 2 aromatic carbocycles. The number of hydrogen-bond donors (Lipinski definition) is 1. The van der Waals surface area contributed by atoms with Crippen molar-refractivity contribution in [3.63, 3.8) is 0 Å². The van der Waals surface area contributed by atoms with Gasteiger partial charge in [-0.2, -0.15) is 20.7 Å². The zero-order chi connectivity index (χ0) is 23.7. The fourth-order valence-corrected chi connectivity index (χ4v) is 6.65. The number of aromatic nitrogens is 4. The Morgan fingerprint density at radius 1 is 0.886 bits per heavy atom. The molecule has 3 aliphatic rings. The van der Waals surface area contributed by atoms with Gasteiger partial charge in [-0.15, -0.1) is 0 Å². The van der Waals surface area contributed by atoms with Crippen molar-refractivity contribution in [2.75, 3.05) is 26.2 Å². The standard InChI is InChI=1S/C26H23N7O2/c27-7-8-33-23-4-2-1-3-15(23)10-24(33)26(35)32-13-19-17-11-31(12-18(17)20(19)14-32)25(34)16-5-6-21-22(9-16)29-30-28-21/h1-6,9-10,17-20H,8,11-14H2,(H,28,29,30)/t17-,18+,19?,20?. The topological polar surface area (TPSA) is 111 Å². The fraction of sp³-hybridized carbons (Fsp3) is 0.346. The van der Waals surface area contributed by atoms with E-state index in [1.54, 1.807) is 6.07 Å². The Hall–Kier alpha value is -4.19. The van der Waals surface area contributed by atoms with Crippen LogP contribution in [0.4, 0.5) is 0 Å². The highest BCUT2D eigenvalue weighted by Gasteiger charge is 2.59. The summed E-state index contributed by atoms with van der Waals surface area (Å²) in [6, 6.07) is 17.3. The zero-order valence-corrected chi connectivity index (χ0v) is 19.0. The highest BCUT2D eigenvalue weighted by molar-refractivity contribution is 5.99. The number of nitriles is 1. The molecular formula is C26H23N7O2. The fourth-order valence-electron chi connectivity index (χ4n) is 6.65. The number of benzene rings is 2. The smallest absolute Gasteiger partial charge is 0.270 e. The van der Waals surface area contributed by atoms with Gasteiger partial charge in [0.25, 0.3) is 11.8 Å². The number of aromatic amines is 1. The van der Waals surface area contributed by atoms with E-state index in [4.69, 9.17) is 0 Å². The first-order chi connectivity index (χ1) is 17.1. The lowest BCUT2D eigenvalue weighted by Gasteiger charge is -2.42. The number of carbonyl (C=O) groups excluding carboxylic acids is 2. The van der Waals surface area contributed by atoms with E-state index in [-0.39, 0.29) is 18.4 Å². The monoisotopic (exact) mass is 465 g/mol. The van der Waals surface area contributed by atoms with E-state index in [0.29, 0.717) is 53.5 Å². The summed E-state index contributed by atoms with van der Waals surface area (Å²) >= 11 is 0. The molecule has 2 aromatic heterocycles. The third-order valence-corrected chi connectivity index (χ3v) is 8.32. The van der Waals surface area contributed by atoms with Gasteiger partial charge in [0.2, 0.25) is 0 Å². The maximum absolute atomic E-state index is 13.5. The van der Waals surface area contributed by atoms with Crippen LogP contribution in [0.3, 0.4) is 0 Å². The quantitative estimate of drug-likeness (QED) is 0.500. The lowest BCUT2D eigenvalue weighted by molar-refractivity contribution is 0.0629. The number of nitrogens with one attached hydrogen (secondary N) is 1. The molecule has 4 heterocycles. The number of para-hydroxylation sites is 1. The van der Waals surface area contributed by atoms with Crippen molar-refractivity contribution in [2.24, 2.45) is 23.7 Å². The molecule has 2 saturated heterocycles. The van der Waals surface area contributed by atoms with E-state index in [1.807, 2.05) is 56.8 Å². The van der Waals surface area contributed by atoms with Crippen LogP contribution in [0.5, 0.6) is 0 Å². The number of likely N-dealkylation sites (tertiary alicyclic amines) is 2. The Labute approximate surface area is 200 Å². The maximum Gasteiger partial charge on any atom is 0.270 e. The highest BCUT2D eigenvalue weighted by atomic mass is 16.2. The summed E-state index contributed by atoms with van der Waals surface area (Å²) in [6.07, 6.45) is 0. The van der Waals surface area contributed by atoms with Crippen molar-refractivity contribution in [3.05, 3.63) is 59.8 Å². The van der Waals surface area contributed by atoms with Crippen LogP contribution in [0.15, 0.2) is 48.5 Å². The number of H-pyrrole nitrogens is 1. The molecule has 0 radical (unpaired) electrons. The molecule has 2 aliphatic heterocycles. The van der Waals surface area contributed by atoms with Gasteiger partial charge in [-0.05, 0) is 54.0 Å². The predicted molar refractivity (Wildman–Crippen MR) is 127 cm³/mol. The summed E-state index contributed by atoms with van der Waals surface area (Å²) in [6.45, 7) is 3.05. The Balaban J connectivity index is 1.07. The van der Waals surface area contributed by atoms with Gasteiger partial charge >= 0.3 is 0 Å². The van der Waals surface area contributed by atoms with Crippen LogP contribution in [-0.4, -0.2) is 67.8 Å². The van der Waals surface area contributed by atoms with Gasteiger partial charge in [-0.25, -0.2) is 0 Å². The first-order valence-electron chi connectivity index (χ1n) is 12.0. The first-order valence-corrected chi connectivity index (χ1v) is 12.0. The minimum atomic E-state index is -0.00206. The minimum Gasteiger partial charge on any atom is -0.338 e. The van der Waals surface area contributed by atoms with Crippen LogP contribution in [0.2, 0.25) is 0 Å². The lowest BCUT2D eigenvalue weighted by Crippen LogP contribution is -2.44. The number of rotatable bonds is 3. The molecule has 174 valence electrons. The van der Waals surface area contributed by atoms with Gasteiger partial charge < -0.3 is 14.4 Å². The molecule has 9 heteroatoms. The molecular weight excluding hydrogens is 442 g/mol. The first kappa shape index (κ1) is 20.2. The third-order valence-electron chi connectivity index (χ3n) is 8.32. The molecule has 2 amide bonds. The predicted octanol–water partition coefficient (Wildman–Crippen LogP) is 2.53. The summed E-state index contributed by atoms with van der Waals surface area (Å²) in [7, 11) is 0. The van der Waals surface area contributed by atoms with Crippen LogP contribution in [0.25, 0.3) is 21.9 Å².